The average Bonchev–Trinajstić information content (AvgIpc) is 3.15. The van der Waals surface area contributed by atoms with E-state index in [1.54, 1.807) is 11.0 Å². The van der Waals surface area contributed by atoms with Crippen LogP contribution in [0.15, 0.2) is 16.3 Å². The van der Waals surface area contributed by atoms with Crippen molar-refractivity contribution in [2.45, 2.75) is 36.9 Å². The van der Waals surface area contributed by atoms with E-state index in [0.29, 0.717) is 30.5 Å². The van der Waals surface area contributed by atoms with Gasteiger partial charge in [0.2, 0.25) is 5.91 Å². The van der Waals surface area contributed by atoms with Gasteiger partial charge in [-0.1, -0.05) is 25.4 Å². The molecule has 3 heterocycles. The highest BCUT2D eigenvalue weighted by Crippen LogP contribution is 2.28. The molecule has 0 saturated carbocycles. The molecule has 2 fully saturated rings. The predicted octanol–water partition coefficient (Wildman–Crippen LogP) is 2.06. The number of rotatable bonds is 4. The minimum atomic E-state index is -3.57. The van der Waals surface area contributed by atoms with Crippen LogP contribution in [-0.2, 0) is 14.8 Å². The Morgan fingerprint density at radius 2 is 1.69 bits per heavy atom. The summed E-state index contributed by atoms with van der Waals surface area (Å²) >= 11 is 6.89. The van der Waals surface area contributed by atoms with E-state index in [0.717, 1.165) is 24.2 Å². The van der Waals surface area contributed by atoms with Crippen LogP contribution in [0.5, 0.6) is 0 Å². The van der Waals surface area contributed by atoms with Crippen LogP contribution in [0.2, 0.25) is 4.34 Å². The second-order valence-electron chi connectivity index (χ2n) is 7.65. The number of carbonyl (C=O) groups is 2. The van der Waals surface area contributed by atoms with Gasteiger partial charge in [-0.2, -0.15) is 4.31 Å². The number of hydrogen-bond acceptors (Lipinski definition) is 5. The van der Waals surface area contributed by atoms with Crippen LogP contribution < -0.4 is 5.32 Å². The fraction of sp³-hybridized carbons (Fsp3) is 0.667. The van der Waals surface area contributed by atoms with Gasteiger partial charge in [-0.25, -0.2) is 13.2 Å². The molecule has 3 amide bonds. The van der Waals surface area contributed by atoms with Gasteiger partial charge >= 0.3 is 6.03 Å². The average molecular weight is 463 g/mol. The SMILES string of the molecule is CC(C)C(=O)N1CCC(NC(=O)N2CCN(S(=O)(=O)c3ccc(Cl)s3)CC2)CC1. The number of sulfonamides is 1. The first kappa shape index (κ1) is 22.3. The van der Waals surface area contributed by atoms with Crippen LogP contribution in [0.25, 0.3) is 0 Å². The van der Waals surface area contributed by atoms with E-state index in [4.69, 9.17) is 11.6 Å². The maximum atomic E-state index is 12.7. The molecule has 162 valence electrons. The number of thiophene rings is 1. The van der Waals surface area contributed by atoms with Crippen molar-refractivity contribution >= 4 is 44.9 Å². The van der Waals surface area contributed by atoms with E-state index in [9.17, 15) is 18.0 Å². The number of nitrogens with zero attached hydrogens (tertiary/aromatic N) is 3. The monoisotopic (exact) mass is 462 g/mol. The standard InChI is InChI=1S/C18H27ClN4O4S2/c1-13(2)17(24)21-7-5-14(6-8-21)20-18(25)22-9-11-23(12-10-22)29(26,27)16-4-3-15(19)28-16/h3-4,13-14H,5-12H2,1-2H3,(H,20,25). The molecule has 11 heteroatoms. The van der Waals surface area contributed by atoms with Crippen molar-refractivity contribution in [2.75, 3.05) is 39.3 Å². The lowest BCUT2D eigenvalue weighted by Gasteiger charge is -2.37. The van der Waals surface area contributed by atoms with Crippen molar-refractivity contribution in [3.8, 4) is 0 Å². The molecule has 29 heavy (non-hydrogen) atoms. The number of piperazine rings is 1. The number of piperidine rings is 1. The molecule has 3 rings (SSSR count). The predicted molar refractivity (Wildman–Crippen MR) is 113 cm³/mol. The third kappa shape index (κ3) is 5.22. The van der Waals surface area contributed by atoms with E-state index >= 15 is 0 Å². The van der Waals surface area contributed by atoms with Crippen LogP contribution in [0.4, 0.5) is 4.79 Å². The van der Waals surface area contributed by atoms with E-state index in [1.165, 1.54) is 10.4 Å². The third-order valence-corrected chi connectivity index (χ3v) is 8.89. The Balaban J connectivity index is 1.47. The van der Waals surface area contributed by atoms with Gasteiger partial charge in [0.25, 0.3) is 10.0 Å². The summed E-state index contributed by atoms with van der Waals surface area (Å²) in [4.78, 5) is 28.1. The molecular formula is C18H27ClN4O4S2. The molecule has 0 spiro atoms. The number of urea groups is 1. The first-order valence-electron chi connectivity index (χ1n) is 9.78. The zero-order chi connectivity index (χ0) is 21.2. The second-order valence-corrected chi connectivity index (χ2v) is 11.5. The highest BCUT2D eigenvalue weighted by Gasteiger charge is 2.32. The maximum Gasteiger partial charge on any atom is 0.317 e. The van der Waals surface area contributed by atoms with Crippen molar-refractivity contribution < 1.29 is 18.0 Å². The number of hydrogen-bond donors (Lipinski definition) is 1. The lowest BCUT2D eigenvalue weighted by molar-refractivity contribution is -0.135. The maximum absolute atomic E-state index is 12.7. The van der Waals surface area contributed by atoms with Crippen molar-refractivity contribution in [1.82, 2.24) is 19.4 Å². The Morgan fingerprint density at radius 1 is 1.07 bits per heavy atom. The van der Waals surface area contributed by atoms with Crippen molar-refractivity contribution in [2.24, 2.45) is 5.92 Å². The van der Waals surface area contributed by atoms with E-state index < -0.39 is 10.0 Å². The summed E-state index contributed by atoms with van der Waals surface area (Å²) < 4.78 is 27.4. The van der Waals surface area contributed by atoms with Crippen LogP contribution >= 0.6 is 22.9 Å². The summed E-state index contributed by atoms with van der Waals surface area (Å²) in [5.41, 5.74) is 0. The zero-order valence-electron chi connectivity index (χ0n) is 16.6. The van der Waals surface area contributed by atoms with Crippen molar-refractivity contribution in [3.63, 3.8) is 0 Å². The van der Waals surface area contributed by atoms with Crippen LogP contribution in [0.3, 0.4) is 0 Å². The molecule has 0 bridgehead atoms. The summed E-state index contributed by atoms with van der Waals surface area (Å²) in [7, 11) is -3.57. The Bertz CT molecular complexity index is 842. The molecule has 2 saturated heterocycles. The Morgan fingerprint density at radius 3 is 2.21 bits per heavy atom. The molecule has 2 aliphatic rings. The van der Waals surface area contributed by atoms with E-state index in [2.05, 4.69) is 5.32 Å². The van der Waals surface area contributed by atoms with Gasteiger partial charge in [-0.05, 0) is 25.0 Å². The largest absolute Gasteiger partial charge is 0.342 e. The molecule has 0 unspecified atom stereocenters. The number of amides is 3. The normalized spacial score (nSPS) is 19.6. The Kier molecular flexibility index (Phi) is 7.08. The number of likely N-dealkylation sites (tertiary alicyclic amines) is 1. The molecular weight excluding hydrogens is 436 g/mol. The van der Waals surface area contributed by atoms with Gasteiger partial charge in [-0.15, -0.1) is 11.3 Å². The topological polar surface area (TPSA) is 90.0 Å². The minimum absolute atomic E-state index is 0.0149. The van der Waals surface area contributed by atoms with E-state index in [-0.39, 0.29) is 41.2 Å². The molecule has 0 aliphatic carbocycles. The van der Waals surface area contributed by atoms with Crippen LogP contribution in [0.1, 0.15) is 26.7 Å². The van der Waals surface area contributed by atoms with Gasteiger partial charge < -0.3 is 15.1 Å². The molecule has 1 N–H and O–H groups in total. The summed E-state index contributed by atoms with van der Waals surface area (Å²) in [6.45, 7) is 6.28. The number of halogens is 1. The quantitative estimate of drug-likeness (QED) is 0.741. The Hall–Kier alpha value is -1.36. The first-order chi connectivity index (χ1) is 13.7. The molecule has 0 aromatic carbocycles. The first-order valence-corrected chi connectivity index (χ1v) is 12.4. The lowest BCUT2D eigenvalue weighted by Crippen LogP contribution is -2.55. The fourth-order valence-corrected chi connectivity index (χ4v) is 6.63. The number of nitrogens with one attached hydrogen (secondary N) is 1. The van der Waals surface area contributed by atoms with Crippen molar-refractivity contribution in [3.05, 3.63) is 16.5 Å². The summed E-state index contributed by atoms with van der Waals surface area (Å²) in [6, 6.07) is 2.95. The molecule has 0 atom stereocenters. The van der Waals surface area contributed by atoms with Gasteiger partial charge in [0.15, 0.2) is 0 Å². The fourth-order valence-electron chi connectivity index (χ4n) is 3.57. The van der Waals surface area contributed by atoms with Gasteiger partial charge in [0.05, 0.1) is 4.34 Å². The summed E-state index contributed by atoms with van der Waals surface area (Å²) in [6.07, 6.45) is 1.47. The molecule has 1 aromatic rings. The van der Waals surface area contributed by atoms with Crippen molar-refractivity contribution in [1.29, 1.82) is 0 Å². The summed E-state index contributed by atoms with van der Waals surface area (Å²) in [5, 5.41) is 3.03. The minimum Gasteiger partial charge on any atom is -0.342 e. The highest BCUT2D eigenvalue weighted by atomic mass is 35.5. The smallest absolute Gasteiger partial charge is 0.317 e. The number of carbonyl (C=O) groups excluding carboxylic acids is 2. The lowest BCUT2D eigenvalue weighted by atomic mass is 10.0. The van der Waals surface area contributed by atoms with Crippen LogP contribution in [0, 0.1) is 5.92 Å². The van der Waals surface area contributed by atoms with E-state index in [1.807, 2.05) is 18.7 Å². The summed E-state index contributed by atoms with van der Waals surface area (Å²) in [5.74, 6) is 0.137. The third-order valence-electron chi connectivity index (χ3n) is 5.30. The van der Waals surface area contributed by atoms with Gasteiger partial charge in [-0.3, -0.25) is 4.79 Å². The molecule has 0 radical (unpaired) electrons. The molecule has 1 aromatic heterocycles. The zero-order valence-corrected chi connectivity index (χ0v) is 19.0. The van der Waals surface area contributed by atoms with Crippen LogP contribution in [-0.4, -0.2) is 79.8 Å². The van der Waals surface area contributed by atoms with Gasteiger partial charge in [0, 0.05) is 51.2 Å². The molecule has 2 aliphatic heterocycles. The second kappa shape index (κ2) is 9.20. The highest BCUT2D eigenvalue weighted by molar-refractivity contribution is 7.91. The Labute approximate surface area is 180 Å². The van der Waals surface area contributed by atoms with Gasteiger partial charge in [0.1, 0.15) is 4.21 Å². The molecule has 8 nitrogen and oxygen atoms in total.